The van der Waals surface area contributed by atoms with Crippen molar-refractivity contribution in [3.05, 3.63) is 0 Å². The Morgan fingerprint density at radius 3 is 2.57 bits per heavy atom. The summed E-state index contributed by atoms with van der Waals surface area (Å²) in [6.07, 6.45) is 1.11. The van der Waals surface area contributed by atoms with Crippen molar-refractivity contribution >= 4 is 23.7 Å². The van der Waals surface area contributed by atoms with Crippen molar-refractivity contribution in [2.45, 2.75) is 37.8 Å². The number of carboxylic acid groups (broad SMARTS) is 1. The van der Waals surface area contributed by atoms with Crippen molar-refractivity contribution in [1.29, 1.82) is 0 Å². The largest absolute Gasteiger partial charge is 0.480 e. The number of likely N-dealkylation sites (tertiary alicyclic amines) is 1. The van der Waals surface area contributed by atoms with Crippen LogP contribution in [0.4, 0.5) is 0 Å². The van der Waals surface area contributed by atoms with Crippen molar-refractivity contribution in [2.75, 3.05) is 13.1 Å². The van der Waals surface area contributed by atoms with Crippen molar-refractivity contribution < 1.29 is 24.3 Å². The lowest BCUT2D eigenvalue weighted by Crippen LogP contribution is -2.48. The number of primary amides is 1. The van der Waals surface area contributed by atoms with E-state index in [1.165, 1.54) is 4.90 Å². The van der Waals surface area contributed by atoms with Crippen LogP contribution >= 0.6 is 0 Å². The summed E-state index contributed by atoms with van der Waals surface area (Å²) in [4.78, 5) is 46.3. The molecule has 0 aromatic heterocycles. The zero-order chi connectivity index (χ0) is 16.0. The van der Waals surface area contributed by atoms with Crippen molar-refractivity contribution in [3.63, 3.8) is 0 Å². The molecule has 1 fully saturated rings. The van der Waals surface area contributed by atoms with Gasteiger partial charge >= 0.3 is 5.97 Å². The van der Waals surface area contributed by atoms with E-state index in [-0.39, 0.29) is 19.4 Å². The van der Waals surface area contributed by atoms with Crippen molar-refractivity contribution in [2.24, 2.45) is 11.5 Å². The number of nitrogens with two attached hydrogens (primary N) is 2. The molecule has 2 unspecified atom stereocenters. The van der Waals surface area contributed by atoms with Crippen LogP contribution in [0.15, 0.2) is 0 Å². The number of hydrogen-bond acceptors (Lipinski definition) is 5. The van der Waals surface area contributed by atoms with Crippen LogP contribution < -0.4 is 16.8 Å². The number of nitrogens with zero attached hydrogens (tertiary/aromatic N) is 1. The predicted molar refractivity (Wildman–Crippen MR) is 71.8 cm³/mol. The number of carboxylic acids is 1. The summed E-state index contributed by atoms with van der Waals surface area (Å²) in [7, 11) is 0. The molecule has 21 heavy (non-hydrogen) atoms. The smallest absolute Gasteiger partial charge is 0.326 e. The molecule has 0 saturated carbocycles. The predicted octanol–water partition coefficient (Wildman–Crippen LogP) is -2.23. The molecule has 6 N–H and O–H groups in total. The van der Waals surface area contributed by atoms with Gasteiger partial charge in [-0.2, -0.15) is 0 Å². The molecule has 0 aromatic rings. The third kappa shape index (κ3) is 5.03. The van der Waals surface area contributed by atoms with Gasteiger partial charge in [0, 0.05) is 13.0 Å². The summed E-state index contributed by atoms with van der Waals surface area (Å²) >= 11 is 0. The number of carbonyl (C=O) groups is 4. The average Bonchev–Trinajstić information content (AvgIpc) is 2.91. The molecule has 0 aliphatic carbocycles. The minimum absolute atomic E-state index is 0.0181. The SMILES string of the molecule is NC(=O)CCC(N)C(=O)NCC(=O)N1CCCC1C(=O)O. The van der Waals surface area contributed by atoms with Gasteiger partial charge in [-0.15, -0.1) is 0 Å². The van der Waals surface area contributed by atoms with E-state index in [0.29, 0.717) is 19.4 Å². The van der Waals surface area contributed by atoms with E-state index in [1.807, 2.05) is 0 Å². The minimum Gasteiger partial charge on any atom is -0.480 e. The van der Waals surface area contributed by atoms with E-state index < -0.39 is 35.8 Å². The minimum atomic E-state index is -1.05. The van der Waals surface area contributed by atoms with Gasteiger partial charge in [0.05, 0.1) is 12.6 Å². The summed E-state index contributed by atoms with van der Waals surface area (Å²) in [5.41, 5.74) is 10.5. The van der Waals surface area contributed by atoms with Gasteiger partial charge in [0.25, 0.3) is 0 Å². The molecule has 1 aliphatic heterocycles. The lowest BCUT2D eigenvalue weighted by Gasteiger charge is -2.22. The van der Waals surface area contributed by atoms with Crippen LogP contribution in [-0.4, -0.2) is 58.9 Å². The first kappa shape index (κ1) is 16.9. The highest BCUT2D eigenvalue weighted by Gasteiger charge is 2.33. The number of hydrogen-bond donors (Lipinski definition) is 4. The highest BCUT2D eigenvalue weighted by molar-refractivity contribution is 5.90. The first-order valence-electron chi connectivity index (χ1n) is 6.66. The number of nitrogens with one attached hydrogen (secondary N) is 1. The van der Waals surface area contributed by atoms with Crippen LogP contribution in [0, 0.1) is 0 Å². The molecule has 118 valence electrons. The first-order valence-corrected chi connectivity index (χ1v) is 6.66. The van der Waals surface area contributed by atoms with Crippen LogP contribution in [0.2, 0.25) is 0 Å². The van der Waals surface area contributed by atoms with Gasteiger partial charge in [-0.1, -0.05) is 0 Å². The van der Waals surface area contributed by atoms with Crippen LogP contribution in [0.25, 0.3) is 0 Å². The summed E-state index contributed by atoms with van der Waals surface area (Å²) in [6, 6.07) is -1.77. The topological polar surface area (TPSA) is 156 Å². The number of rotatable bonds is 7. The lowest BCUT2D eigenvalue weighted by atomic mass is 10.1. The zero-order valence-corrected chi connectivity index (χ0v) is 11.6. The molecule has 1 rings (SSSR count). The summed E-state index contributed by atoms with van der Waals surface area (Å²) in [6.45, 7) is 0.0479. The second-order valence-electron chi connectivity index (χ2n) is 4.91. The Balaban J connectivity index is 2.40. The van der Waals surface area contributed by atoms with Gasteiger partial charge in [-0.3, -0.25) is 14.4 Å². The molecule has 9 nitrogen and oxygen atoms in total. The number of carbonyl (C=O) groups excluding carboxylic acids is 3. The maximum Gasteiger partial charge on any atom is 0.326 e. The third-order valence-corrected chi connectivity index (χ3v) is 3.31. The fraction of sp³-hybridized carbons (Fsp3) is 0.667. The monoisotopic (exact) mass is 300 g/mol. The Morgan fingerprint density at radius 1 is 1.33 bits per heavy atom. The molecule has 0 spiro atoms. The highest BCUT2D eigenvalue weighted by atomic mass is 16.4. The van der Waals surface area contributed by atoms with Crippen molar-refractivity contribution in [1.82, 2.24) is 10.2 Å². The molecule has 2 atom stereocenters. The lowest BCUT2D eigenvalue weighted by molar-refractivity contribution is -0.148. The highest BCUT2D eigenvalue weighted by Crippen LogP contribution is 2.17. The van der Waals surface area contributed by atoms with E-state index >= 15 is 0 Å². The Bertz CT molecular complexity index is 439. The van der Waals surface area contributed by atoms with E-state index in [4.69, 9.17) is 16.6 Å². The van der Waals surface area contributed by atoms with Gasteiger partial charge in [-0.05, 0) is 19.3 Å². The standard InChI is InChI=1S/C12H20N4O5/c13-7(3-4-9(14)17)11(19)15-6-10(18)16-5-1-2-8(16)12(20)21/h7-8H,1-6,13H2,(H2,14,17)(H,15,19)(H,20,21). The molecular weight excluding hydrogens is 280 g/mol. The molecule has 0 bridgehead atoms. The first-order chi connectivity index (χ1) is 9.82. The van der Waals surface area contributed by atoms with Crippen LogP contribution in [0.1, 0.15) is 25.7 Å². The maximum absolute atomic E-state index is 11.9. The fourth-order valence-corrected chi connectivity index (χ4v) is 2.15. The van der Waals surface area contributed by atoms with Gasteiger partial charge in [0.15, 0.2) is 0 Å². The average molecular weight is 300 g/mol. The van der Waals surface area contributed by atoms with Gasteiger partial charge < -0.3 is 26.8 Å². The van der Waals surface area contributed by atoms with Gasteiger partial charge in [0.1, 0.15) is 6.04 Å². The maximum atomic E-state index is 11.9. The Hall–Kier alpha value is -2.16. The second kappa shape index (κ2) is 7.58. The van der Waals surface area contributed by atoms with E-state index in [0.717, 1.165) is 0 Å². The second-order valence-corrected chi connectivity index (χ2v) is 4.91. The van der Waals surface area contributed by atoms with Crippen LogP contribution in [0.3, 0.4) is 0 Å². The number of aliphatic carboxylic acids is 1. The Kier molecular flexibility index (Phi) is 6.10. The van der Waals surface area contributed by atoms with Crippen LogP contribution in [0.5, 0.6) is 0 Å². The van der Waals surface area contributed by atoms with Gasteiger partial charge in [0.2, 0.25) is 17.7 Å². The molecule has 1 saturated heterocycles. The quantitative estimate of drug-likeness (QED) is 0.417. The molecule has 1 aliphatic rings. The van der Waals surface area contributed by atoms with Crippen molar-refractivity contribution in [3.8, 4) is 0 Å². The Labute approximate surface area is 121 Å². The van der Waals surface area contributed by atoms with E-state index in [1.54, 1.807) is 0 Å². The van der Waals surface area contributed by atoms with Crippen LogP contribution in [-0.2, 0) is 19.2 Å². The van der Waals surface area contributed by atoms with E-state index in [9.17, 15) is 19.2 Å². The third-order valence-electron chi connectivity index (χ3n) is 3.31. The molecule has 3 amide bonds. The molecule has 1 heterocycles. The van der Waals surface area contributed by atoms with E-state index in [2.05, 4.69) is 5.32 Å². The molecule has 0 radical (unpaired) electrons. The Morgan fingerprint density at radius 2 is 2.00 bits per heavy atom. The number of amides is 3. The zero-order valence-electron chi connectivity index (χ0n) is 11.6. The molecule has 9 heteroatoms. The summed E-state index contributed by atoms with van der Waals surface area (Å²) < 4.78 is 0. The molecular formula is C12H20N4O5. The van der Waals surface area contributed by atoms with Gasteiger partial charge in [-0.25, -0.2) is 4.79 Å². The fourth-order valence-electron chi connectivity index (χ4n) is 2.15. The normalized spacial score (nSPS) is 19.1. The summed E-state index contributed by atoms with van der Waals surface area (Å²) in [5.74, 6) is -2.65. The summed E-state index contributed by atoms with van der Waals surface area (Å²) in [5, 5.41) is 11.3. The molecule has 0 aromatic carbocycles.